The quantitative estimate of drug-likeness (QED) is 0.450. The second-order valence-corrected chi connectivity index (χ2v) is 5.41. The Bertz CT molecular complexity index is 277. The number of hydrogen-bond donors (Lipinski definition) is 2. The Labute approximate surface area is 103 Å². The van der Waals surface area contributed by atoms with Crippen LogP contribution in [0.4, 0.5) is 0 Å². The Kier molecular flexibility index (Phi) is 8.71. The van der Waals surface area contributed by atoms with Crippen molar-refractivity contribution in [3.8, 4) is 0 Å². The third-order valence-corrected chi connectivity index (χ3v) is 3.28. The Hall–Kier alpha value is -0.210. The van der Waals surface area contributed by atoms with E-state index in [1.165, 1.54) is 7.11 Å². The van der Waals surface area contributed by atoms with Gasteiger partial charge < -0.3 is 14.6 Å². The molecule has 0 amide bonds. The van der Waals surface area contributed by atoms with E-state index in [2.05, 4.69) is 6.92 Å². The third kappa shape index (κ3) is 8.50. The van der Waals surface area contributed by atoms with E-state index in [9.17, 15) is 8.42 Å². The summed E-state index contributed by atoms with van der Waals surface area (Å²) in [6.07, 6.45) is 1.96. The lowest BCUT2D eigenvalue weighted by molar-refractivity contribution is -0.000576. The fourth-order valence-corrected chi connectivity index (χ4v) is 1.64. The van der Waals surface area contributed by atoms with Gasteiger partial charge in [0.1, 0.15) is 0 Å². The molecule has 0 aliphatic rings. The van der Waals surface area contributed by atoms with Crippen LogP contribution in [-0.2, 0) is 19.6 Å². The topological polar surface area (TPSA) is 93.1 Å². The molecule has 0 radical (unpaired) electrons. The average molecular weight is 270 g/mol. The number of ether oxygens (including phenoxy) is 2. The van der Waals surface area contributed by atoms with Gasteiger partial charge in [-0.3, -0.25) is 4.55 Å². The van der Waals surface area contributed by atoms with Gasteiger partial charge in [-0.15, -0.1) is 0 Å². The van der Waals surface area contributed by atoms with Crippen molar-refractivity contribution in [3.05, 3.63) is 0 Å². The summed E-state index contributed by atoms with van der Waals surface area (Å²) in [5.41, 5.74) is -1.75. The lowest BCUT2D eigenvalue weighted by Crippen LogP contribution is -2.25. The molecule has 6 nitrogen and oxygen atoms in total. The summed E-state index contributed by atoms with van der Waals surface area (Å²) in [5, 5.41) is 9.11. The Morgan fingerprint density at radius 2 is 1.94 bits per heavy atom. The second kappa shape index (κ2) is 8.82. The molecule has 1 unspecified atom stereocenters. The first-order valence-electron chi connectivity index (χ1n) is 5.66. The van der Waals surface area contributed by atoms with Crippen molar-refractivity contribution in [2.75, 3.05) is 20.3 Å². The fraction of sp³-hybridized carbons (Fsp3) is 1.00. The maximum Gasteiger partial charge on any atom is 0.291 e. The minimum Gasteiger partial charge on any atom is -0.379 e. The standard InChI is InChI=1S/C10H22O6S/c1-3-4-7-16-8-9(15-2)5-6-10(11)17(12,13)14/h9-11H,3-8H2,1-2H3,(H,12,13,14)/t9-,10?/m0/s1. The van der Waals surface area contributed by atoms with Crippen LogP contribution in [0.3, 0.4) is 0 Å². The van der Waals surface area contributed by atoms with E-state index in [1.807, 2.05) is 0 Å². The fourth-order valence-electron chi connectivity index (χ4n) is 1.21. The summed E-state index contributed by atoms with van der Waals surface area (Å²) in [4.78, 5) is 0. The van der Waals surface area contributed by atoms with Crippen LogP contribution in [0.1, 0.15) is 32.6 Å². The van der Waals surface area contributed by atoms with Crippen molar-refractivity contribution >= 4 is 10.1 Å². The van der Waals surface area contributed by atoms with Gasteiger partial charge >= 0.3 is 0 Å². The van der Waals surface area contributed by atoms with Crippen LogP contribution < -0.4 is 0 Å². The second-order valence-electron chi connectivity index (χ2n) is 3.83. The number of hydrogen-bond acceptors (Lipinski definition) is 5. The van der Waals surface area contributed by atoms with E-state index in [1.54, 1.807) is 0 Å². The molecule has 2 atom stereocenters. The minimum atomic E-state index is -4.38. The Morgan fingerprint density at radius 3 is 2.41 bits per heavy atom. The van der Waals surface area contributed by atoms with Crippen LogP contribution in [0, 0.1) is 0 Å². The average Bonchev–Trinajstić information content (AvgIpc) is 2.26. The summed E-state index contributed by atoms with van der Waals surface area (Å²) in [5.74, 6) is 0. The largest absolute Gasteiger partial charge is 0.379 e. The molecule has 7 heteroatoms. The maximum absolute atomic E-state index is 10.6. The molecular formula is C10H22O6S. The van der Waals surface area contributed by atoms with Gasteiger partial charge in [0.25, 0.3) is 10.1 Å². The first-order chi connectivity index (χ1) is 7.91. The zero-order chi connectivity index (χ0) is 13.3. The van der Waals surface area contributed by atoms with Crippen molar-refractivity contribution in [3.63, 3.8) is 0 Å². The van der Waals surface area contributed by atoms with Crippen LogP contribution in [0.15, 0.2) is 0 Å². The molecule has 0 aromatic heterocycles. The molecule has 0 saturated heterocycles. The summed E-state index contributed by atoms with van der Waals surface area (Å²) in [6, 6.07) is 0. The molecule has 0 spiro atoms. The highest BCUT2D eigenvalue weighted by Gasteiger charge is 2.21. The van der Waals surface area contributed by atoms with Crippen molar-refractivity contribution in [2.45, 2.75) is 44.1 Å². The van der Waals surface area contributed by atoms with Crippen LogP contribution in [0.2, 0.25) is 0 Å². The first-order valence-corrected chi connectivity index (χ1v) is 7.17. The Balaban J connectivity index is 3.82. The van der Waals surface area contributed by atoms with Crippen molar-refractivity contribution in [1.29, 1.82) is 0 Å². The molecule has 0 heterocycles. The van der Waals surface area contributed by atoms with Gasteiger partial charge in [-0.05, 0) is 19.3 Å². The predicted octanol–water partition coefficient (Wildman–Crippen LogP) is 0.804. The molecule has 104 valence electrons. The molecule has 0 saturated carbocycles. The van der Waals surface area contributed by atoms with Crippen molar-refractivity contribution < 1.29 is 27.6 Å². The van der Waals surface area contributed by atoms with Crippen LogP contribution in [0.5, 0.6) is 0 Å². The Morgan fingerprint density at radius 1 is 1.29 bits per heavy atom. The van der Waals surface area contributed by atoms with Gasteiger partial charge in [-0.2, -0.15) is 8.42 Å². The van der Waals surface area contributed by atoms with E-state index in [0.717, 1.165) is 12.8 Å². The van der Waals surface area contributed by atoms with Gasteiger partial charge in [-0.25, -0.2) is 0 Å². The van der Waals surface area contributed by atoms with Crippen molar-refractivity contribution in [2.24, 2.45) is 0 Å². The molecule has 0 fully saturated rings. The highest BCUT2D eigenvalue weighted by Crippen LogP contribution is 2.09. The number of methoxy groups -OCH3 is 1. The lowest BCUT2D eigenvalue weighted by atomic mass is 10.2. The molecule has 2 N–H and O–H groups in total. The zero-order valence-corrected chi connectivity index (χ0v) is 11.1. The molecular weight excluding hydrogens is 248 g/mol. The third-order valence-electron chi connectivity index (χ3n) is 2.36. The molecule has 17 heavy (non-hydrogen) atoms. The van der Waals surface area contributed by atoms with E-state index in [-0.39, 0.29) is 12.5 Å². The predicted molar refractivity (Wildman–Crippen MR) is 63.3 cm³/mol. The molecule has 0 bridgehead atoms. The molecule has 0 aliphatic carbocycles. The van der Waals surface area contributed by atoms with E-state index >= 15 is 0 Å². The van der Waals surface area contributed by atoms with Crippen molar-refractivity contribution in [1.82, 2.24) is 0 Å². The van der Waals surface area contributed by atoms with E-state index < -0.39 is 15.6 Å². The van der Waals surface area contributed by atoms with Gasteiger partial charge in [0.15, 0.2) is 5.44 Å². The summed E-state index contributed by atoms with van der Waals surface area (Å²) < 4.78 is 40.1. The number of aliphatic hydroxyl groups excluding tert-OH is 1. The zero-order valence-electron chi connectivity index (χ0n) is 10.3. The lowest BCUT2D eigenvalue weighted by Gasteiger charge is -2.16. The van der Waals surface area contributed by atoms with Crippen LogP contribution >= 0.6 is 0 Å². The normalized spacial score (nSPS) is 15.8. The highest BCUT2D eigenvalue weighted by atomic mass is 32.2. The smallest absolute Gasteiger partial charge is 0.291 e. The van der Waals surface area contributed by atoms with Gasteiger partial charge in [0, 0.05) is 13.7 Å². The SMILES string of the molecule is CCCCOC[C@H](CCC(O)S(=O)(=O)O)OC. The molecule has 0 aliphatic heterocycles. The number of unbranched alkanes of at least 4 members (excludes halogenated alkanes) is 1. The van der Waals surface area contributed by atoms with Crippen LogP contribution in [-0.4, -0.2) is 49.9 Å². The molecule has 0 rings (SSSR count). The summed E-state index contributed by atoms with van der Waals surface area (Å²) in [6.45, 7) is 3.05. The number of aliphatic hydroxyl groups is 1. The monoisotopic (exact) mass is 270 g/mol. The molecule has 0 aromatic carbocycles. The summed E-state index contributed by atoms with van der Waals surface area (Å²) >= 11 is 0. The van der Waals surface area contributed by atoms with Gasteiger partial charge in [-0.1, -0.05) is 13.3 Å². The van der Waals surface area contributed by atoms with E-state index in [4.69, 9.17) is 19.1 Å². The summed E-state index contributed by atoms with van der Waals surface area (Å²) in [7, 11) is -2.88. The highest BCUT2D eigenvalue weighted by molar-refractivity contribution is 7.86. The molecule has 0 aromatic rings. The number of rotatable bonds is 10. The maximum atomic E-state index is 10.6. The van der Waals surface area contributed by atoms with Gasteiger partial charge in [0.2, 0.25) is 0 Å². The van der Waals surface area contributed by atoms with Gasteiger partial charge in [0.05, 0.1) is 12.7 Å². The van der Waals surface area contributed by atoms with E-state index in [0.29, 0.717) is 19.6 Å². The minimum absolute atomic E-state index is 0.0749. The first kappa shape index (κ1) is 16.8. The van der Waals surface area contributed by atoms with Crippen LogP contribution in [0.25, 0.3) is 0 Å².